The number of Topliss-reactive ketones (excluding diaryl/α,β-unsaturated/α-hetero) is 1. The number of aliphatic hydroxyl groups is 1. The first-order valence-corrected chi connectivity index (χ1v) is 4.88. The quantitative estimate of drug-likeness (QED) is 0.687. The van der Waals surface area contributed by atoms with E-state index in [4.69, 9.17) is 0 Å². The highest BCUT2D eigenvalue weighted by Crippen LogP contribution is 2.39. The normalized spacial score (nSPS) is 28.9. The van der Waals surface area contributed by atoms with E-state index in [2.05, 4.69) is 0 Å². The third kappa shape index (κ3) is 1.40. The van der Waals surface area contributed by atoms with Crippen LogP contribution < -0.4 is 0 Å². The maximum absolute atomic E-state index is 11.7. The van der Waals surface area contributed by atoms with Crippen molar-refractivity contribution in [1.29, 1.82) is 0 Å². The zero-order valence-corrected chi connectivity index (χ0v) is 7.97. The largest absolute Gasteiger partial charge is 0.385 e. The first kappa shape index (κ1) is 9.72. The lowest BCUT2D eigenvalue weighted by Crippen LogP contribution is -2.41. The zero-order chi connectivity index (χ0) is 9.19. The lowest BCUT2D eigenvalue weighted by molar-refractivity contribution is -0.142. The molecule has 2 nitrogen and oxygen atoms in total. The fourth-order valence-electron chi connectivity index (χ4n) is 2.19. The number of aliphatic hydroxyl groups excluding tert-OH is 1. The number of hydrogen-bond acceptors (Lipinski definition) is 2. The highest BCUT2D eigenvalue weighted by Gasteiger charge is 2.40. The van der Waals surface area contributed by atoms with Gasteiger partial charge in [0, 0.05) is 5.41 Å². The van der Waals surface area contributed by atoms with Gasteiger partial charge in [-0.2, -0.15) is 0 Å². The van der Waals surface area contributed by atoms with E-state index in [1.165, 1.54) is 0 Å². The second kappa shape index (κ2) is 3.56. The average Bonchev–Trinajstić information content (AvgIpc) is 2.11. The van der Waals surface area contributed by atoms with Gasteiger partial charge >= 0.3 is 0 Å². The maximum atomic E-state index is 11.7. The molecule has 0 aromatic rings. The third-order valence-corrected chi connectivity index (χ3v) is 3.31. The van der Waals surface area contributed by atoms with Crippen molar-refractivity contribution in [3.8, 4) is 0 Å². The Hall–Kier alpha value is -0.370. The monoisotopic (exact) mass is 170 g/mol. The summed E-state index contributed by atoms with van der Waals surface area (Å²) in [5.74, 6) is 0.0822. The summed E-state index contributed by atoms with van der Waals surface area (Å²) in [6.07, 6.45) is 3.70. The summed E-state index contributed by atoms with van der Waals surface area (Å²) in [6, 6.07) is 0. The van der Waals surface area contributed by atoms with Crippen LogP contribution in [0.2, 0.25) is 0 Å². The Bertz CT molecular complexity index is 171. The van der Waals surface area contributed by atoms with Crippen LogP contribution in [0.5, 0.6) is 0 Å². The molecule has 1 N–H and O–H groups in total. The highest BCUT2D eigenvalue weighted by molar-refractivity contribution is 5.89. The molecule has 1 rings (SSSR count). The van der Waals surface area contributed by atoms with Crippen LogP contribution in [0.3, 0.4) is 0 Å². The number of hydrogen-bond donors (Lipinski definition) is 1. The Morgan fingerprint density at radius 2 is 2.08 bits per heavy atom. The molecule has 12 heavy (non-hydrogen) atoms. The first-order valence-electron chi connectivity index (χ1n) is 4.88. The molecule has 1 unspecified atom stereocenters. The van der Waals surface area contributed by atoms with Crippen LogP contribution in [0, 0.1) is 5.41 Å². The summed E-state index contributed by atoms with van der Waals surface area (Å²) in [5.41, 5.74) is -0.197. The topological polar surface area (TPSA) is 37.3 Å². The van der Waals surface area contributed by atoms with Crippen LogP contribution in [0.1, 0.15) is 46.0 Å². The fraction of sp³-hybridized carbons (Fsp3) is 0.900. The van der Waals surface area contributed by atoms with Crippen molar-refractivity contribution in [2.24, 2.45) is 5.41 Å². The van der Waals surface area contributed by atoms with Gasteiger partial charge in [-0.1, -0.05) is 13.8 Å². The van der Waals surface area contributed by atoms with Crippen molar-refractivity contribution >= 4 is 5.78 Å². The van der Waals surface area contributed by atoms with Gasteiger partial charge in [-0.25, -0.2) is 0 Å². The summed E-state index contributed by atoms with van der Waals surface area (Å²) in [7, 11) is 0. The molecule has 0 saturated heterocycles. The molecule has 1 fully saturated rings. The van der Waals surface area contributed by atoms with Crippen molar-refractivity contribution in [3.05, 3.63) is 0 Å². The molecule has 2 heteroatoms. The number of ketones is 1. The lowest BCUT2D eigenvalue weighted by Gasteiger charge is -2.36. The van der Waals surface area contributed by atoms with E-state index in [-0.39, 0.29) is 11.2 Å². The van der Waals surface area contributed by atoms with Gasteiger partial charge in [0.25, 0.3) is 0 Å². The molecule has 0 amide bonds. The van der Waals surface area contributed by atoms with Crippen molar-refractivity contribution in [2.45, 2.75) is 52.1 Å². The van der Waals surface area contributed by atoms with Gasteiger partial charge in [0.15, 0.2) is 5.78 Å². The Morgan fingerprint density at radius 1 is 1.50 bits per heavy atom. The minimum absolute atomic E-state index is 0.0822. The van der Waals surface area contributed by atoms with Crippen LogP contribution in [0.15, 0.2) is 0 Å². The number of carbonyl (C=O) groups is 1. The van der Waals surface area contributed by atoms with Crippen LogP contribution in [-0.2, 0) is 4.79 Å². The molecule has 0 aliphatic heterocycles. The van der Waals surface area contributed by atoms with E-state index in [0.717, 1.165) is 25.7 Å². The van der Waals surface area contributed by atoms with E-state index in [9.17, 15) is 9.90 Å². The second-order valence-electron chi connectivity index (χ2n) is 3.76. The van der Waals surface area contributed by atoms with Gasteiger partial charge in [-0.05, 0) is 32.1 Å². The minimum atomic E-state index is -0.682. The standard InChI is InChI=1S/C10H18O2/c1-3-10(4-2)7-5-6-8(11)9(10)12/h8,11H,3-7H2,1-2H3. The highest BCUT2D eigenvalue weighted by atomic mass is 16.3. The Morgan fingerprint density at radius 3 is 2.50 bits per heavy atom. The molecule has 0 bridgehead atoms. The second-order valence-corrected chi connectivity index (χ2v) is 3.76. The summed E-state index contributed by atoms with van der Waals surface area (Å²) < 4.78 is 0. The molecule has 0 aromatic carbocycles. The van der Waals surface area contributed by atoms with Crippen molar-refractivity contribution in [3.63, 3.8) is 0 Å². The molecule has 0 spiro atoms. The van der Waals surface area contributed by atoms with Gasteiger partial charge in [-0.15, -0.1) is 0 Å². The molecule has 1 atom stereocenters. The Labute approximate surface area is 74.0 Å². The fourth-order valence-corrected chi connectivity index (χ4v) is 2.19. The maximum Gasteiger partial charge on any atom is 0.167 e. The van der Waals surface area contributed by atoms with Crippen molar-refractivity contribution < 1.29 is 9.90 Å². The summed E-state index contributed by atoms with van der Waals surface area (Å²) >= 11 is 0. The Balaban J connectivity index is 2.79. The molecular weight excluding hydrogens is 152 g/mol. The lowest BCUT2D eigenvalue weighted by atomic mass is 9.68. The molecule has 0 heterocycles. The van der Waals surface area contributed by atoms with Crippen molar-refractivity contribution in [1.82, 2.24) is 0 Å². The molecule has 0 aromatic heterocycles. The van der Waals surface area contributed by atoms with E-state index >= 15 is 0 Å². The molecule has 1 aliphatic rings. The Kier molecular flexibility index (Phi) is 2.89. The van der Waals surface area contributed by atoms with Gasteiger partial charge in [0.05, 0.1) is 0 Å². The van der Waals surface area contributed by atoms with Crippen LogP contribution >= 0.6 is 0 Å². The summed E-state index contributed by atoms with van der Waals surface area (Å²) in [6.45, 7) is 4.08. The van der Waals surface area contributed by atoms with Crippen LogP contribution in [-0.4, -0.2) is 17.0 Å². The van der Waals surface area contributed by atoms with Crippen LogP contribution in [0.4, 0.5) is 0 Å². The van der Waals surface area contributed by atoms with Crippen LogP contribution in [0.25, 0.3) is 0 Å². The SMILES string of the molecule is CCC1(CC)CCCC(O)C1=O. The molecular formula is C10H18O2. The van der Waals surface area contributed by atoms with E-state index < -0.39 is 6.10 Å². The van der Waals surface area contributed by atoms with Crippen molar-refractivity contribution in [2.75, 3.05) is 0 Å². The molecule has 70 valence electrons. The van der Waals surface area contributed by atoms with Gasteiger partial charge < -0.3 is 5.11 Å². The van der Waals surface area contributed by atoms with E-state index in [0.29, 0.717) is 6.42 Å². The summed E-state index contributed by atoms with van der Waals surface area (Å²) in [4.78, 5) is 11.7. The first-order chi connectivity index (χ1) is 5.66. The third-order valence-electron chi connectivity index (χ3n) is 3.31. The number of rotatable bonds is 2. The van der Waals surface area contributed by atoms with Gasteiger partial charge in [0.1, 0.15) is 6.10 Å². The summed E-state index contributed by atoms with van der Waals surface area (Å²) in [5, 5.41) is 9.43. The average molecular weight is 170 g/mol. The predicted molar refractivity (Wildman–Crippen MR) is 47.9 cm³/mol. The smallest absolute Gasteiger partial charge is 0.167 e. The van der Waals surface area contributed by atoms with E-state index in [1.54, 1.807) is 0 Å². The molecule has 1 saturated carbocycles. The predicted octanol–water partition coefficient (Wildman–Crippen LogP) is 1.91. The zero-order valence-electron chi connectivity index (χ0n) is 7.97. The molecule has 0 radical (unpaired) electrons. The van der Waals surface area contributed by atoms with Gasteiger partial charge in [-0.3, -0.25) is 4.79 Å². The molecule has 1 aliphatic carbocycles. The van der Waals surface area contributed by atoms with E-state index in [1.807, 2.05) is 13.8 Å². The number of carbonyl (C=O) groups excluding carboxylic acids is 1. The minimum Gasteiger partial charge on any atom is -0.385 e. The van der Waals surface area contributed by atoms with Gasteiger partial charge in [0.2, 0.25) is 0 Å².